The van der Waals surface area contributed by atoms with Crippen molar-refractivity contribution in [2.75, 3.05) is 12.1 Å². The molecule has 0 saturated heterocycles. The molecule has 168 valence electrons. The molecule has 1 aliphatic rings. The van der Waals surface area contributed by atoms with Crippen LogP contribution in [0.25, 0.3) is 22.0 Å². The Morgan fingerprint density at radius 3 is 2.70 bits per heavy atom. The lowest BCUT2D eigenvalue weighted by Gasteiger charge is -2.12. The van der Waals surface area contributed by atoms with Crippen LogP contribution < -0.4 is 14.8 Å². The number of amides is 1. The van der Waals surface area contributed by atoms with Crippen molar-refractivity contribution < 1.29 is 27.4 Å². The van der Waals surface area contributed by atoms with Gasteiger partial charge in [-0.1, -0.05) is 12.1 Å². The summed E-state index contributed by atoms with van der Waals surface area (Å²) in [6.45, 7) is 0.178. The van der Waals surface area contributed by atoms with Crippen LogP contribution in [-0.4, -0.2) is 27.5 Å². The van der Waals surface area contributed by atoms with E-state index in [2.05, 4.69) is 15.4 Å². The molecule has 5 rings (SSSR count). The van der Waals surface area contributed by atoms with Gasteiger partial charge in [0.1, 0.15) is 16.5 Å². The third kappa shape index (κ3) is 4.02. The SMILES string of the molecule is Cn1nc(-c2nc(-c3ccc4c(c3)OCO4)cs2)cc1NC(=O)c1ccccc1C(F)(F)F. The van der Waals surface area contributed by atoms with E-state index in [1.165, 1.54) is 28.2 Å². The number of rotatable bonds is 4. The average Bonchev–Trinajstić information content (AvgIpc) is 3.52. The molecule has 2 aromatic carbocycles. The fourth-order valence-electron chi connectivity index (χ4n) is 3.38. The molecule has 0 radical (unpaired) electrons. The molecule has 11 heteroatoms. The second-order valence-electron chi connectivity index (χ2n) is 7.14. The Kier molecular flexibility index (Phi) is 5.05. The Labute approximate surface area is 189 Å². The number of thiazole rings is 1. The number of hydrogen-bond donors (Lipinski definition) is 1. The fourth-order valence-corrected chi connectivity index (χ4v) is 4.16. The number of hydrogen-bond acceptors (Lipinski definition) is 6. The van der Waals surface area contributed by atoms with Gasteiger partial charge in [-0.25, -0.2) is 4.98 Å². The predicted octanol–water partition coefficient (Wildman–Crippen LogP) is 5.21. The van der Waals surface area contributed by atoms with Gasteiger partial charge >= 0.3 is 6.18 Å². The van der Waals surface area contributed by atoms with Crippen molar-refractivity contribution in [1.82, 2.24) is 14.8 Å². The lowest BCUT2D eigenvalue weighted by Crippen LogP contribution is -2.19. The van der Waals surface area contributed by atoms with E-state index in [0.717, 1.165) is 17.7 Å². The first kappa shape index (κ1) is 21.0. The number of halogens is 3. The molecular formula is C22H15F3N4O3S. The van der Waals surface area contributed by atoms with E-state index in [1.807, 2.05) is 23.6 Å². The predicted molar refractivity (Wildman–Crippen MR) is 115 cm³/mol. The van der Waals surface area contributed by atoms with Crippen molar-refractivity contribution in [2.45, 2.75) is 6.18 Å². The second kappa shape index (κ2) is 7.93. The highest BCUT2D eigenvalue weighted by atomic mass is 32.1. The minimum atomic E-state index is -4.64. The smallest absolute Gasteiger partial charge is 0.417 e. The van der Waals surface area contributed by atoms with Crippen LogP contribution in [0.5, 0.6) is 11.5 Å². The molecule has 0 saturated carbocycles. The van der Waals surface area contributed by atoms with Gasteiger partial charge in [-0.3, -0.25) is 9.48 Å². The number of carbonyl (C=O) groups is 1. The summed E-state index contributed by atoms with van der Waals surface area (Å²) in [6, 6.07) is 11.7. The molecule has 4 aromatic rings. The highest BCUT2D eigenvalue weighted by molar-refractivity contribution is 7.13. The van der Waals surface area contributed by atoms with Crippen LogP contribution in [-0.2, 0) is 13.2 Å². The quantitative estimate of drug-likeness (QED) is 0.441. The highest BCUT2D eigenvalue weighted by Gasteiger charge is 2.35. The van der Waals surface area contributed by atoms with Gasteiger partial charge in [-0.15, -0.1) is 11.3 Å². The maximum absolute atomic E-state index is 13.2. The summed E-state index contributed by atoms with van der Waals surface area (Å²) in [6.07, 6.45) is -4.64. The van der Waals surface area contributed by atoms with E-state index >= 15 is 0 Å². The van der Waals surface area contributed by atoms with Gasteiger partial charge in [0.15, 0.2) is 11.5 Å². The fraction of sp³-hybridized carbons (Fsp3) is 0.136. The Bertz CT molecular complexity index is 1360. The molecule has 0 spiro atoms. The summed E-state index contributed by atoms with van der Waals surface area (Å²) >= 11 is 1.35. The number of nitrogens with zero attached hydrogens (tertiary/aromatic N) is 3. The van der Waals surface area contributed by atoms with Gasteiger partial charge in [0, 0.05) is 24.1 Å². The topological polar surface area (TPSA) is 78.3 Å². The minimum absolute atomic E-state index is 0.178. The molecule has 0 fully saturated rings. The van der Waals surface area contributed by atoms with Crippen molar-refractivity contribution in [3.05, 3.63) is 65.0 Å². The summed E-state index contributed by atoms with van der Waals surface area (Å²) in [5.74, 6) is 0.680. The molecule has 33 heavy (non-hydrogen) atoms. The van der Waals surface area contributed by atoms with Gasteiger partial charge in [-0.2, -0.15) is 18.3 Å². The first-order valence-electron chi connectivity index (χ1n) is 9.67. The van der Waals surface area contributed by atoms with Crippen LogP contribution in [0, 0.1) is 0 Å². The second-order valence-corrected chi connectivity index (χ2v) is 8.00. The number of ether oxygens (including phenoxy) is 2. The molecule has 1 amide bonds. The van der Waals surface area contributed by atoms with Crippen molar-refractivity contribution in [3.8, 4) is 33.5 Å². The lowest BCUT2D eigenvalue weighted by atomic mass is 10.1. The summed E-state index contributed by atoms with van der Waals surface area (Å²) < 4.78 is 51.8. The van der Waals surface area contributed by atoms with Crippen molar-refractivity contribution >= 4 is 23.1 Å². The number of fused-ring (bicyclic) bond motifs is 1. The summed E-state index contributed by atoms with van der Waals surface area (Å²) in [4.78, 5) is 17.2. The summed E-state index contributed by atoms with van der Waals surface area (Å²) in [5.41, 5.74) is 0.567. The maximum atomic E-state index is 13.2. The number of benzene rings is 2. The zero-order chi connectivity index (χ0) is 23.2. The van der Waals surface area contributed by atoms with E-state index in [-0.39, 0.29) is 12.6 Å². The first-order valence-corrected chi connectivity index (χ1v) is 10.5. The van der Waals surface area contributed by atoms with Gasteiger partial charge in [-0.05, 0) is 30.3 Å². The van der Waals surface area contributed by atoms with E-state index in [4.69, 9.17) is 9.47 Å². The van der Waals surface area contributed by atoms with Crippen LogP contribution in [0.1, 0.15) is 15.9 Å². The number of aromatic nitrogens is 3. The Hall–Kier alpha value is -3.86. The Balaban J connectivity index is 1.39. The van der Waals surface area contributed by atoms with E-state index < -0.39 is 23.2 Å². The Morgan fingerprint density at radius 2 is 1.88 bits per heavy atom. The van der Waals surface area contributed by atoms with Gasteiger partial charge in [0.2, 0.25) is 6.79 Å². The van der Waals surface area contributed by atoms with Crippen LogP contribution in [0.3, 0.4) is 0 Å². The third-order valence-corrected chi connectivity index (χ3v) is 5.85. The number of carbonyl (C=O) groups excluding carboxylic acids is 1. The van der Waals surface area contributed by atoms with Crippen molar-refractivity contribution in [2.24, 2.45) is 7.05 Å². The minimum Gasteiger partial charge on any atom is -0.454 e. The highest BCUT2D eigenvalue weighted by Crippen LogP contribution is 2.37. The summed E-state index contributed by atoms with van der Waals surface area (Å²) in [7, 11) is 1.58. The number of aryl methyl sites for hydroxylation is 1. The third-order valence-electron chi connectivity index (χ3n) is 4.99. The zero-order valence-corrected chi connectivity index (χ0v) is 17.8. The Morgan fingerprint density at radius 1 is 1.09 bits per heavy atom. The molecule has 0 unspecified atom stereocenters. The van der Waals surface area contributed by atoms with Gasteiger partial charge in [0.25, 0.3) is 5.91 Å². The molecule has 0 atom stereocenters. The van der Waals surface area contributed by atoms with E-state index in [0.29, 0.717) is 27.9 Å². The lowest BCUT2D eigenvalue weighted by molar-refractivity contribution is -0.137. The van der Waals surface area contributed by atoms with Gasteiger partial charge in [0.05, 0.1) is 16.8 Å². The molecule has 0 bridgehead atoms. The zero-order valence-electron chi connectivity index (χ0n) is 17.0. The van der Waals surface area contributed by atoms with E-state index in [9.17, 15) is 18.0 Å². The molecule has 0 aliphatic carbocycles. The van der Waals surface area contributed by atoms with Crippen LogP contribution in [0.4, 0.5) is 19.0 Å². The monoisotopic (exact) mass is 472 g/mol. The molecule has 3 heterocycles. The van der Waals surface area contributed by atoms with Crippen molar-refractivity contribution in [3.63, 3.8) is 0 Å². The molecule has 7 nitrogen and oxygen atoms in total. The first-order chi connectivity index (χ1) is 15.8. The largest absolute Gasteiger partial charge is 0.454 e. The van der Waals surface area contributed by atoms with Crippen LogP contribution >= 0.6 is 11.3 Å². The number of alkyl halides is 3. The normalized spacial score (nSPS) is 12.7. The van der Waals surface area contributed by atoms with E-state index in [1.54, 1.807) is 13.1 Å². The standard InChI is InChI=1S/C22H15F3N4O3S/c1-29-19(27-20(30)13-4-2-3-5-14(13)22(23,24)25)9-15(28-29)21-26-16(10-33-21)12-6-7-17-18(8-12)32-11-31-17/h2-10H,11H2,1H3,(H,27,30). The van der Waals surface area contributed by atoms with Crippen molar-refractivity contribution in [1.29, 1.82) is 0 Å². The number of anilines is 1. The van der Waals surface area contributed by atoms with Crippen LogP contribution in [0.15, 0.2) is 53.9 Å². The van der Waals surface area contributed by atoms with Gasteiger partial charge < -0.3 is 14.8 Å². The van der Waals surface area contributed by atoms with Crippen LogP contribution in [0.2, 0.25) is 0 Å². The maximum Gasteiger partial charge on any atom is 0.417 e. The molecule has 2 aromatic heterocycles. The average molecular weight is 472 g/mol. The molecular weight excluding hydrogens is 457 g/mol. The molecule has 1 aliphatic heterocycles. The molecule has 1 N–H and O–H groups in total. The summed E-state index contributed by atoms with van der Waals surface area (Å²) in [5, 5.41) is 9.30. The number of nitrogens with one attached hydrogen (secondary N) is 1.